The number of nitrogens with two attached hydrogens (primary N) is 1. The number of nitrogens with one attached hydrogen (secondary N) is 1. The van der Waals surface area contributed by atoms with Crippen LogP contribution in [0, 0.1) is 0 Å². The third kappa shape index (κ3) is 3.69. The molecule has 5 rings (SSSR count). The Bertz CT molecular complexity index is 1260. The molecule has 0 fully saturated rings. The molecule has 3 aromatic rings. The van der Waals surface area contributed by atoms with Crippen molar-refractivity contribution in [3.63, 3.8) is 0 Å². The van der Waals surface area contributed by atoms with Gasteiger partial charge in [-0.15, -0.1) is 0 Å². The molecule has 2 heterocycles. The molecular formula is C29H31N3O3. The quantitative estimate of drug-likeness (QED) is 0.598. The molecule has 0 spiro atoms. The number of benzene rings is 3. The second-order valence-electron chi connectivity index (χ2n) is 9.38. The maximum atomic E-state index is 13.9. The number of rotatable bonds is 5. The number of carbonyl (C=O) groups excluding carboxylic acids is 2. The van der Waals surface area contributed by atoms with E-state index in [2.05, 4.69) is 17.4 Å². The van der Waals surface area contributed by atoms with Gasteiger partial charge in [-0.1, -0.05) is 55.5 Å². The first-order valence-corrected chi connectivity index (χ1v) is 12.1. The highest BCUT2D eigenvalue weighted by molar-refractivity contribution is 5.97. The molecule has 3 aromatic carbocycles. The molecule has 2 aliphatic rings. The van der Waals surface area contributed by atoms with Gasteiger partial charge in [-0.05, 0) is 59.4 Å². The topological polar surface area (TPSA) is 84.7 Å². The molecule has 0 saturated heterocycles. The fraction of sp³-hybridized carbons (Fsp3) is 0.310. The number of fused-ring (bicyclic) bond motifs is 2. The van der Waals surface area contributed by atoms with Crippen LogP contribution in [0.25, 0.3) is 0 Å². The van der Waals surface area contributed by atoms with Crippen molar-refractivity contribution in [1.82, 2.24) is 10.2 Å². The summed E-state index contributed by atoms with van der Waals surface area (Å²) in [6.07, 6.45) is 1.26. The minimum atomic E-state index is -1.07. The smallest absolute Gasteiger partial charge is 0.254 e. The van der Waals surface area contributed by atoms with Crippen LogP contribution in [0.15, 0.2) is 72.8 Å². The van der Waals surface area contributed by atoms with Gasteiger partial charge in [-0.25, -0.2) is 0 Å². The maximum Gasteiger partial charge on any atom is 0.254 e. The summed E-state index contributed by atoms with van der Waals surface area (Å²) < 4.78 is 5.26. The van der Waals surface area contributed by atoms with E-state index in [1.54, 1.807) is 31.4 Å². The molecule has 2 aliphatic heterocycles. The van der Waals surface area contributed by atoms with Gasteiger partial charge >= 0.3 is 0 Å². The number of primary amides is 1. The van der Waals surface area contributed by atoms with E-state index in [0.717, 1.165) is 11.1 Å². The number of hydrogen-bond donors (Lipinski definition) is 2. The number of ether oxygens (including phenoxy) is 1. The zero-order chi connectivity index (χ0) is 24.6. The zero-order valence-electron chi connectivity index (χ0n) is 20.2. The van der Waals surface area contributed by atoms with Crippen LogP contribution in [-0.2, 0) is 29.7 Å². The van der Waals surface area contributed by atoms with E-state index in [9.17, 15) is 9.59 Å². The summed E-state index contributed by atoms with van der Waals surface area (Å²) in [5.41, 5.74) is 10.2. The first-order valence-electron chi connectivity index (χ1n) is 12.1. The molecule has 6 heteroatoms. The second-order valence-corrected chi connectivity index (χ2v) is 9.38. The summed E-state index contributed by atoms with van der Waals surface area (Å²) in [5, 5.41) is 3.63. The van der Waals surface area contributed by atoms with E-state index in [4.69, 9.17) is 10.5 Å². The molecule has 2 amide bonds. The Labute approximate surface area is 206 Å². The number of hydrogen-bond acceptors (Lipinski definition) is 4. The van der Waals surface area contributed by atoms with Gasteiger partial charge in [0.1, 0.15) is 11.2 Å². The monoisotopic (exact) mass is 469 g/mol. The average Bonchev–Trinajstić information content (AvgIpc) is 2.91. The van der Waals surface area contributed by atoms with Crippen LogP contribution in [0.4, 0.5) is 0 Å². The highest BCUT2D eigenvalue weighted by Gasteiger charge is 2.57. The Morgan fingerprint density at radius 3 is 2.31 bits per heavy atom. The van der Waals surface area contributed by atoms with Crippen LogP contribution in [0.3, 0.4) is 0 Å². The fourth-order valence-electron chi connectivity index (χ4n) is 6.10. The molecule has 3 atom stereocenters. The van der Waals surface area contributed by atoms with Gasteiger partial charge < -0.3 is 20.7 Å². The second kappa shape index (κ2) is 9.19. The van der Waals surface area contributed by atoms with Crippen LogP contribution >= 0.6 is 0 Å². The molecule has 3 N–H and O–H groups in total. The molecule has 35 heavy (non-hydrogen) atoms. The van der Waals surface area contributed by atoms with E-state index in [-0.39, 0.29) is 11.9 Å². The fourth-order valence-corrected chi connectivity index (χ4v) is 6.10. The highest BCUT2D eigenvalue weighted by atomic mass is 16.5. The minimum Gasteiger partial charge on any atom is -0.497 e. The predicted molar refractivity (Wildman–Crippen MR) is 135 cm³/mol. The number of nitrogens with zero attached hydrogens (tertiary/aromatic N) is 1. The summed E-state index contributed by atoms with van der Waals surface area (Å²) in [5.74, 6) is 0.172. The first kappa shape index (κ1) is 23.1. The van der Waals surface area contributed by atoms with Crippen molar-refractivity contribution in [3.8, 4) is 5.75 Å². The third-order valence-electron chi connectivity index (χ3n) is 7.73. The third-order valence-corrected chi connectivity index (χ3v) is 7.73. The molecule has 0 aliphatic carbocycles. The standard InChI is InChI=1S/C29H31N3O3/c1-3-26-29(28(30)34,25-16-20-8-4-5-9-21(20)17-31-25)24-11-7-6-10-22(24)18-32(26)27(33)19-12-14-23(35-2)15-13-19/h4-15,25-26,31H,3,16-18H2,1-2H3,(H2,30,34). The largest absolute Gasteiger partial charge is 0.497 e. The van der Waals surface area contributed by atoms with Crippen molar-refractivity contribution in [2.24, 2.45) is 5.73 Å². The first-order chi connectivity index (χ1) is 17.0. The summed E-state index contributed by atoms with van der Waals surface area (Å²) in [6.45, 7) is 3.11. The van der Waals surface area contributed by atoms with Gasteiger partial charge in [0.25, 0.3) is 5.91 Å². The van der Waals surface area contributed by atoms with Gasteiger partial charge in [0.2, 0.25) is 5.91 Å². The Balaban J connectivity index is 1.64. The molecular weight excluding hydrogens is 438 g/mol. The van der Waals surface area contributed by atoms with Crippen molar-refractivity contribution >= 4 is 11.8 Å². The van der Waals surface area contributed by atoms with Crippen molar-refractivity contribution in [2.75, 3.05) is 7.11 Å². The summed E-state index contributed by atoms with van der Waals surface area (Å²) in [6, 6.07) is 22.7. The molecule has 180 valence electrons. The lowest BCUT2D eigenvalue weighted by atomic mass is 9.61. The van der Waals surface area contributed by atoms with Crippen LogP contribution in [-0.4, -0.2) is 35.9 Å². The van der Waals surface area contributed by atoms with E-state index < -0.39 is 17.4 Å². The number of methoxy groups -OCH3 is 1. The van der Waals surface area contributed by atoms with Crippen molar-refractivity contribution < 1.29 is 14.3 Å². The molecule has 0 bridgehead atoms. The van der Waals surface area contributed by atoms with E-state index in [1.807, 2.05) is 48.2 Å². The molecule has 0 radical (unpaired) electrons. The van der Waals surface area contributed by atoms with Gasteiger partial charge in [0, 0.05) is 24.7 Å². The summed E-state index contributed by atoms with van der Waals surface area (Å²) >= 11 is 0. The van der Waals surface area contributed by atoms with Crippen molar-refractivity contribution in [3.05, 3.63) is 101 Å². The van der Waals surface area contributed by atoms with Crippen LogP contribution in [0.5, 0.6) is 5.75 Å². The lowest BCUT2D eigenvalue weighted by molar-refractivity contribution is -0.128. The molecule has 0 aromatic heterocycles. The Hall–Kier alpha value is -3.64. The molecule has 3 unspecified atom stereocenters. The summed E-state index contributed by atoms with van der Waals surface area (Å²) in [7, 11) is 1.60. The maximum absolute atomic E-state index is 13.9. The van der Waals surface area contributed by atoms with E-state index in [1.165, 1.54) is 11.1 Å². The van der Waals surface area contributed by atoms with Crippen LogP contribution in [0.1, 0.15) is 46.0 Å². The SMILES string of the molecule is CCC1N(C(=O)c2ccc(OC)cc2)Cc2ccccc2C1(C(N)=O)C1Cc2ccccc2CN1. The number of amides is 2. The predicted octanol–water partition coefficient (Wildman–Crippen LogP) is 3.57. The average molecular weight is 470 g/mol. The lowest BCUT2D eigenvalue weighted by Crippen LogP contribution is -2.70. The Morgan fingerprint density at radius 1 is 1.00 bits per heavy atom. The lowest BCUT2D eigenvalue weighted by Gasteiger charge is -2.53. The van der Waals surface area contributed by atoms with Crippen molar-refractivity contribution in [2.45, 2.75) is 50.4 Å². The number of carbonyl (C=O) groups is 2. The van der Waals surface area contributed by atoms with Crippen molar-refractivity contribution in [1.29, 1.82) is 0 Å². The minimum absolute atomic E-state index is 0.115. The van der Waals surface area contributed by atoms with Gasteiger partial charge in [0.05, 0.1) is 13.2 Å². The van der Waals surface area contributed by atoms with Gasteiger partial charge in [-0.2, -0.15) is 0 Å². The normalized spacial score (nSPS) is 23.2. The molecule has 6 nitrogen and oxygen atoms in total. The highest BCUT2D eigenvalue weighted by Crippen LogP contribution is 2.45. The Kier molecular flexibility index (Phi) is 6.07. The van der Waals surface area contributed by atoms with Crippen LogP contribution < -0.4 is 15.8 Å². The Morgan fingerprint density at radius 2 is 1.66 bits per heavy atom. The van der Waals surface area contributed by atoms with E-state index >= 15 is 0 Å². The molecule has 0 saturated carbocycles. The van der Waals surface area contributed by atoms with Crippen LogP contribution in [0.2, 0.25) is 0 Å². The zero-order valence-corrected chi connectivity index (χ0v) is 20.2. The van der Waals surface area contributed by atoms with Gasteiger partial charge in [0.15, 0.2) is 0 Å². The van der Waals surface area contributed by atoms with E-state index in [0.29, 0.717) is 37.2 Å². The van der Waals surface area contributed by atoms with Gasteiger partial charge in [-0.3, -0.25) is 9.59 Å². The summed E-state index contributed by atoms with van der Waals surface area (Å²) in [4.78, 5) is 29.4.